The van der Waals surface area contributed by atoms with Crippen molar-refractivity contribution in [3.63, 3.8) is 0 Å². The summed E-state index contributed by atoms with van der Waals surface area (Å²) in [5.41, 5.74) is 4.39. The van der Waals surface area contributed by atoms with E-state index in [9.17, 15) is 9.59 Å². The zero-order valence-electron chi connectivity index (χ0n) is 18.2. The molecule has 2 aromatic rings. The van der Waals surface area contributed by atoms with Crippen LogP contribution in [0.1, 0.15) is 31.9 Å². The minimum atomic E-state index is -0.281. The van der Waals surface area contributed by atoms with E-state index < -0.39 is 0 Å². The summed E-state index contributed by atoms with van der Waals surface area (Å²) in [5.74, 6) is 0.115. The van der Waals surface area contributed by atoms with Gasteiger partial charge in [0.25, 0.3) is 0 Å². The molecule has 1 N–H and O–H groups in total. The Morgan fingerprint density at radius 1 is 1.03 bits per heavy atom. The van der Waals surface area contributed by atoms with Gasteiger partial charge in [0.15, 0.2) is 0 Å². The van der Waals surface area contributed by atoms with Crippen molar-refractivity contribution >= 4 is 28.9 Å². The summed E-state index contributed by atoms with van der Waals surface area (Å²) in [7, 11) is 1.56. The van der Waals surface area contributed by atoms with Crippen molar-refractivity contribution < 1.29 is 14.3 Å². The Hall–Kier alpha value is -3.02. The summed E-state index contributed by atoms with van der Waals surface area (Å²) in [4.78, 5) is 28.7. The topological polar surface area (TPSA) is 61.9 Å². The van der Waals surface area contributed by atoms with Gasteiger partial charge >= 0.3 is 0 Å². The molecule has 0 radical (unpaired) electrons. The Morgan fingerprint density at radius 3 is 2.28 bits per heavy atom. The molecule has 0 aromatic heterocycles. The lowest BCUT2D eigenvalue weighted by molar-refractivity contribution is -0.120. The quantitative estimate of drug-likeness (QED) is 0.727. The van der Waals surface area contributed by atoms with E-state index in [2.05, 4.69) is 30.1 Å². The number of hydrogen-bond acceptors (Lipinski definition) is 4. The van der Waals surface area contributed by atoms with Crippen LogP contribution in [0.25, 0.3) is 0 Å². The maximum Gasteiger partial charge on any atom is 0.244 e. The number of benzene rings is 2. The van der Waals surface area contributed by atoms with Crippen LogP contribution in [0, 0.1) is 13.8 Å². The van der Waals surface area contributed by atoms with E-state index in [0.29, 0.717) is 11.4 Å². The van der Waals surface area contributed by atoms with Crippen molar-refractivity contribution in [3.05, 3.63) is 47.5 Å². The van der Waals surface area contributed by atoms with E-state index in [0.717, 1.165) is 35.6 Å². The number of amides is 2. The number of hydrogen-bond donors (Lipinski definition) is 1. The number of ether oxygens (including phenoxy) is 1. The first-order chi connectivity index (χ1) is 13.8. The average Bonchev–Trinajstić information content (AvgIpc) is 2.67. The lowest BCUT2D eigenvalue weighted by atomic mass is 10.1. The number of methoxy groups -OCH3 is 1. The van der Waals surface area contributed by atoms with Crippen LogP contribution in [0.3, 0.4) is 0 Å². The molecule has 29 heavy (non-hydrogen) atoms. The highest BCUT2D eigenvalue weighted by atomic mass is 16.5. The average molecular weight is 398 g/mol. The Morgan fingerprint density at radius 2 is 1.72 bits per heavy atom. The van der Waals surface area contributed by atoms with Crippen LogP contribution >= 0.6 is 0 Å². The molecule has 0 atom stereocenters. The molecule has 2 aromatic carbocycles. The van der Waals surface area contributed by atoms with E-state index in [1.54, 1.807) is 7.11 Å². The van der Waals surface area contributed by atoms with Crippen LogP contribution in [-0.2, 0) is 9.59 Å². The molecule has 0 aliphatic rings. The summed E-state index contributed by atoms with van der Waals surface area (Å²) in [6, 6.07) is 11.5. The first kappa shape index (κ1) is 22.3. The van der Waals surface area contributed by atoms with Gasteiger partial charge in [-0.2, -0.15) is 0 Å². The van der Waals surface area contributed by atoms with Crippen molar-refractivity contribution in [1.29, 1.82) is 0 Å². The molecule has 2 amide bonds. The first-order valence-corrected chi connectivity index (χ1v) is 9.88. The smallest absolute Gasteiger partial charge is 0.244 e. The van der Waals surface area contributed by atoms with Crippen LogP contribution in [0.4, 0.5) is 17.1 Å². The zero-order chi connectivity index (χ0) is 21.6. The summed E-state index contributed by atoms with van der Waals surface area (Å²) < 4.78 is 5.31. The van der Waals surface area contributed by atoms with E-state index in [1.807, 2.05) is 44.2 Å². The predicted octanol–water partition coefficient (Wildman–Crippen LogP) is 4.15. The van der Waals surface area contributed by atoms with Crippen LogP contribution in [0.15, 0.2) is 36.4 Å². The third kappa shape index (κ3) is 5.50. The third-order valence-electron chi connectivity index (χ3n) is 4.91. The normalized spacial score (nSPS) is 10.4. The monoisotopic (exact) mass is 397 g/mol. The number of carbonyl (C=O) groups excluding carboxylic acids is 2. The number of carbonyl (C=O) groups is 2. The molecule has 0 unspecified atom stereocenters. The maximum atomic E-state index is 12.7. The standard InChI is InChI=1S/C23H31N3O3/c1-7-25(8-2)19-10-11-21(17(4)14-19)26(18(5)27)15-23(28)24-20-13-16(3)9-12-22(20)29-6/h9-14H,7-8,15H2,1-6H3,(H,24,28). The van der Waals surface area contributed by atoms with Gasteiger partial charge in [-0.25, -0.2) is 0 Å². The van der Waals surface area contributed by atoms with Gasteiger partial charge in [-0.3, -0.25) is 9.59 Å². The van der Waals surface area contributed by atoms with Gasteiger partial charge in [0, 0.05) is 31.4 Å². The van der Waals surface area contributed by atoms with Gasteiger partial charge in [0.1, 0.15) is 12.3 Å². The van der Waals surface area contributed by atoms with E-state index in [1.165, 1.54) is 11.8 Å². The lowest BCUT2D eigenvalue weighted by Crippen LogP contribution is -2.37. The molecule has 6 heteroatoms. The van der Waals surface area contributed by atoms with Crippen molar-refractivity contribution in [2.24, 2.45) is 0 Å². The van der Waals surface area contributed by atoms with Crippen LogP contribution in [0.2, 0.25) is 0 Å². The Bertz CT molecular complexity index is 876. The van der Waals surface area contributed by atoms with Crippen LogP contribution < -0.4 is 19.9 Å². The molecule has 0 saturated heterocycles. The summed E-state index contributed by atoms with van der Waals surface area (Å²) in [5, 5.41) is 2.86. The maximum absolute atomic E-state index is 12.7. The molecule has 6 nitrogen and oxygen atoms in total. The zero-order valence-corrected chi connectivity index (χ0v) is 18.2. The minimum absolute atomic E-state index is 0.0715. The van der Waals surface area contributed by atoms with Gasteiger partial charge in [0.2, 0.25) is 11.8 Å². The molecule has 0 spiro atoms. The van der Waals surface area contributed by atoms with E-state index in [-0.39, 0.29) is 18.4 Å². The number of rotatable bonds is 8. The molecular formula is C23H31N3O3. The van der Waals surface area contributed by atoms with Gasteiger partial charge in [-0.05, 0) is 69.2 Å². The number of aryl methyl sites for hydroxylation is 2. The van der Waals surface area contributed by atoms with Gasteiger partial charge in [0.05, 0.1) is 12.8 Å². The highest BCUT2D eigenvalue weighted by Gasteiger charge is 2.19. The minimum Gasteiger partial charge on any atom is -0.495 e. The number of nitrogens with one attached hydrogen (secondary N) is 1. The molecule has 0 heterocycles. The molecular weight excluding hydrogens is 366 g/mol. The molecule has 2 rings (SSSR count). The van der Waals surface area contributed by atoms with Gasteiger partial charge in [-0.1, -0.05) is 6.07 Å². The number of anilines is 3. The second-order valence-electron chi connectivity index (χ2n) is 7.00. The summed E-state index contributed by atoms with van der Waals surface area (Å²) >= 11 is 0. The van der Waals surface area contributed by atoms with Crippen molar-refractivity contribution in [1.82, 2.24) is 0 Å². The van der Waals surface area contributed by atoms with E-state index >= 15 is 0 Å². The molecule has 0 aliphatic carbocycles. The predicted molar refractivity (Wildman–Crippen MR) is 119 cm³/mol. The lowest BCUT2D eigenvalue weighted by Gasteiger charge is -2.26. The van der Waals surface area contributed by atoms with E-state index in [4.69, 9.17) is 4.74 Å². The molecule has 0 saturated carbocycles. The fraction of sp³-hybridized carbons (Fsp3) is 0.391. The summed E-state index contributed by atoms with van der Waals surface area (Å²) in [6.07, 6.45) is 0. The Labute approximate surface area is 173 Å². The van der Waals surface area contributed by atoms with Crippen LogP contribution in [0.5, 0.6) is 5.75 Å². The molecule has 156 valence electrons. The van der Waals surface area contributed by atoms with Gasteiger partial charge < -0.3 is 19.9 Å². The van der Waals surface area contributed by atoms with Crippen molar-refractivity contribution in [2.45, 2.75) is 34.6 Å². The number of nitrogens with zero attached hydrogens (tertiary/aromatic N) is 2. The summed E-state index contributed by atoms with van der Waals surface area (Å²) in [6.45, 7) is 11.3. The fourth-order valence-electron chi connectivity index (χ4n) is 3.35. The Kier molecular flexibility index (Phi) is 7.65. The fourth-order valence-corrected chi connectivity index (χ4v) is 3.35. The first-order valence-electron chi connectivity index (χ1n) is 9.88. The van der Waals surface area contributed by atoms with Crippen LogP contribution in [-0.4, -0.2) is 38.6 Å². The molecule has 0 bridgehead atoms. The highest BCUT2D eigenvalue weighted by molar-refractivity contribution is 6.02. The third-order valence-corrected chi connectivity index (χ3v) is 4.91. The molecule has 0 aliphatic heterocycles. The SMILES string of the molecule is CCN(CC)c1ccc(N(CC(=O)Nc2cc(C)ccc2OC)C(C)=O)c(C)c1. The molecule has 0 fully saturated rings. The van der Waals surface area contributed by atoms with Crippen molar-refractivity contribution in [2.75, 3.05) is 41.9 Å². The van der Waals surface area contributed by atoms with Gasteiger partial charge in [-0.15, -0.1) is 0 Å². The Balaban J connectivity index is 2.23. The second-order valence-corrected chi connectivity index (χ2v) is 7.00. The second kappa shape index (κ2) is 9.96. The highest BCUT2D eigenvalue weighted by Crippen LogP contribution is 2.27. The largest absolute Gasteiger partial charge is 0.495 e. The van der Waals surface area contributed by atoms with Crippen molar-refractivity contribution in [3.8, 4) is 5.75 Å².